The number of nitrogens with zero attached hydrogens (tertiary/aromatic N) is 1. The Morgan fingerprint density at radius 1 is 1.20 bits per heavy atom. The van der Waals surface area contributed by atoms with Gasteiger partial charge in [0.05, 0.1) is 6.04 Å². The van der Waals surface area contributed by atoms with Gasteiger partial charge in [-0.05, 0) is 44.1 Å². The molecule has 9 heteroatoms. The SMILES string of the molecule is C/C(=C\[C@H](C(C)C)N(C)C(=O)[C@@H](NI)C(C)(C)C)C(=O)NC(CCCCN)C(=O)O. The number of unbranched alkanes of at least 4 members (excludes halogenated alkanes) is 1. The molecule has 5 N–H and O–H groups in total. The second-order valence-electron chi connectivity index (χ2n) is 9.09. The zero-order chi connectivity index (χ0) is 23.6. The van der Waals surface area contributed by atoms with Crippen molar-refractivity contribution in [2.45, 2.75) is 78.9 Å². The number of likely N-dealkylation sites (N-methyl/N-ethyl adjacent to an activating group) is 1. The predicted octanol–water partition coefficient (Wildman–Crippen LogP) is 2.47. The molecular weight excluding hydrogens is 499 g/mol. The third-order valence-electron chi connectivity index (χ3n) is 5.03. The number of carbonyl (C=O) groups excluding carboxylic acids is 2. The summed E-state index contributed by atoms with van der Waals surface area (Å²) in [6, 6.07) is -1.65. The average molecular weight is 538 g/mol. The molecule has 2 amide bonds. The number of nitrogens with one attached hydrogen (secondary N) is 2. The molecule has 0 saturated heterocycles. The molecule has 0 radical (unpaired) electrons. The van der Waals surface area contributed by atoms with E-state index in [2.05, 4.69) is 8.85 Å². The highest BCUT2D eigenvalue weighted by molar-refractivity contribution is 14.1. The summed E-state index contributed by atoms with van der Waals surface area (Å²) >= 11 is 1.99. The average Bonchev–Trinajstić information content (AvgIpc) is 2.63. The number of aliphatic carboxylic acids is 1. The molecule has 0 bridgehead atoms. The Morgan fingerprint density at radius 3 is 2.17 bits per heavy atom. The highest BCUT2D eigenvalue weighted by atomic mass is 127. The molecule has 0 spiro atoms. The van der Waals surface area contributed by atoms with Crippen LogP contribution in [-0.4, -0.2) is 59.5 Å². The largest absolute Gasteiger partial charge is 0.480 e. The van der Waals surface area contributed by atoms with Crippen LogP contribution in [-0.2, 0) is 14.4 Å². The van der Waals surface area contributed by atoms with Gasteiger partial charge in [-0.25, -0.2) is 8.32 Å². The first-order valence-corrected chi connectivity index (χ1v) is 11.4. The zero-order valence-corrected chi connectivity index (χ0v) is 21.4. The Kier molecular flexibility index (Phi) is 12.7. The number of carboxylic acids is 1. The molecule has 0 aliphatic heterocycles. The monoisotopic (exact) mass is 538 g/mol. The number of rotatable bonds is 12. The van der Waals surface area contributed by atoms with E-state index in [1.54, 1.807) is 24.9 Å². The van der Waals surface area contributed by atoms with Crippen molar-refractivity contribution in [1.82, 2.24) is 13.7 Å². The summed E-state index contributed by atoms with van der Waals surface area (Å²) in [7, 11) is 1.73. The minimum Gasteiger partial charge on any atom is -0.480 e. The minimum atomic E-state index is -1.07. The summed E-state index contributed by atoms with van der Waals surface area (Å²) in [5.74, 6) is -1.51. The summed E-state index contributed by atoms with van der Waals surface area (Å²) in [4.78, 5) is 38.8. The second-order valence-corrected chi connectivity index (χ2v) is 9.71. The van der Waals surface area contributed by atoms with Gasteiger partial charge in [-0.3, -0.25) is 9.59 Å². The van der Waals surface area contributed by atoms with Gasteiger partial charge in [-0.1, -0.05) is 40.7 Å². The van der Waals surface area contributed by atoms with Crippen molar-refractivity contribution in [3.05, 3.63) is 11.6 Å². The van der Waals surface area contributed by atoms with Gasteiger partial charge in [0, 0.05) is 35.5 Å². The summed E-state index contributed by atoms with van der Waals surface area (Å²) < 4.78 is 3.06. The Balaban J connectivity index is 5.48. The van der Waals surface area contributed by atoms with E-state index in [1.807, 2.05) is 57.5 Å². The van der Waals surface area contributed by atoms with Crippen LogP contribution >= 0.6 is 22.9 Å². The van der Waals surface area contributed by atoms with Gasteiger partial charge in [0.1, 0.15) is 12.1 Å². The predicted molar refractivity (Wildman–Crippen MR) is 128 cm³/mol. The minimum absolute atomic E-state index is 0.0646. The fourth-order valence-electron chi connectivity index (χ4n) is 3.04. The first-order chi connectivity index (χ1) is 13.8. The van der Waals surface area contributed by atoms with Crippen LogP contribution in [0.3, 0.4) is 0 Å². The Labute approximate surface area is 194 Å². The van der Waals surface area contributed by atoms with E-state index in [9.17, 15) is 19.5 Å². The Hall–Kier alpha value is -1.20. The fourth-order valence-corrected chi connectivity index (χ4v) is 4.24. The lowest BCUT2D eigenvalue weighted by atomic mass is 9.86. The molecule has 0 aromatic heterocycles. The standard InChI is InChI=1S/C21H39IN4O4/c1-13(2)16(26(7)19(28)17(25-22)21(4,5)6)12-14(3)18(27)24-15(20(29)30)10-8-9-11-23/h12-13,15-17,25H,8-11,23H2,1-7H3,(H,24,27)(H,29,30)/b14-12+/t15?,16-,17-/m1/s1. The van der Waals surface area contributed by atoms with Crippen molar-refractivity contribution in [2.75, 3.05) is 13.6 Å². The smallest absolute Gasteiger partial charge is 0.326 e. The quantitative estimate of drug-likeness (QED) is 0.131. The molecule has 0 aromatic carbocycles. The van der Waals surface area contributed by atoms with Gasteiger partial charge >= 0.3 is 5.97 Å². The van der Waals surface area contributed by atoms with Gasteiger partial charge in [-0.2, -0.15) is 0 Å². The maximum absolute atomic E-state index is 13.1. The first-order valence-electron chi connectivity index (χ1n) is 10.3. The van der Waals surface area contributed by atoms with Crippen LogP contribution in [0.15, 0.2) is 11.6 Å². The van der Waals surface area contributed by atoms with Crippen molar-refractivity contribution >= 4 is 40.6 Å². The molecule has 0 fully saturated rings. The molecule has 0 aromatic rings. The number of nitrogens with two attached hydrogens (primary N) is 1. The highest BCUT2D eigenvalue weighted by Gasteiger charge is 2.35. The maximum atomic E-state index is 13.1. The van der Waals surface area contributed by atoms with Crippen molar-refractivity contribution < 1.29 is 19.5 Å². The van der Waals surface area contributed by atoms with Gasteiger partial charge in [0.15, 0.2) is 0 Å². The van der Waals surface area contributed by atoms with Crippen LogP contribution in [0.5, 0.6) is 0 Å². The van der Waals surface area contributed by atoms with E-state index in [0.717, 1.165) is 0 Å². The van der Waals surface area contributed by atoms with Gasteiger partial charge in [-0.15, -0.1) is 0 Å². The molecule has 3 atom stereocenters. The lowest BCUT2D eigenvalue weighted by Gasteiger charge is -2.36. The third kappa shape index (κ3) is 9.30. The van der Waals surface area contributed by atoms with Crippen molar-refractivity contribution in [3.63, 3.8) is 0 Å². The molecular formula is C21H39IN4O4. The van der Waals surface area contributed by atoms with Crippen molar-refractivity contribution in [3.8, 4) is 0 Å². The van der Waals surface area contributed by atoms with E-state index < -0.39 is 17.9 Å². The highest BCUT2D eigenvalue weighted by Crippen LogP contribution is 2.24. The summed E-state index contributed by atoms with van der Waals surface area (Å²) in [5.41, 5.74) is 5.56. The van der Waals surface area contributed by atoms with E-state index in [4.69, 9.17) is 5.73 Å². The molecule has 1 unspecified atom stereocenters. The normalized spacial score (nSPS) is 15.5. The van der Waals surface area contributed by atoms with Crippen molar-refractivity contribution in [2.24, 2.45) is 17.1 Å². The topological polar surface area (TPSA) is 125 Å². The van der Waals surface area contributed by atoms with E-state index in [1.165, 1.54) is 0 Å². The van der Waals surface area contributed by atoms with Crippen LogP contribution in [0.4, 0.5) is 0 Å². The van der Waals surface area contributed by atoms with Crippen LogP contribution < -0.4 is 14.6 Å². The van der Waals surface area contributed by atoms with Crippen LogP contribution in [0.2, 0.25) is 0 Å². The molecule has 0 aliphatic carbocycles. The van der Waals surface area contributed by atoms with Gasteiger partial charge in [0.25, 0.3) is 0 Å². The molecule has 174 valence electrons. The molecule has 0 aliphatic rings. The summed E-state index contributed by atoms with van der Waals surface area (Å²) in [6.07, 6.45) is 3.40. The van der Waals surface area contributed by atoms with E-state index in [-0.39, 0.29) is 29.3 Å². The lowest BCUT2D eigenvalue weighted by molar-refractivity contribution is -0.141. The Morgan fingerprint density at radius 2 is 1.77 bits per heavy atom. The number of carboxylic acid groups (broad SMARTS) is 1. The lowest BCUT2D eigenvalue weighted by Crippen LogP contribution is -2.52. The maximum Gasteiger partial charge on any atom is 0.326 e. The summed E-state index contributed by atoms with van der Waals surface area (Å²) in [6.45, 7) is 12.1. The zero-order valence-electron chi connectivity index (χ0n) is 19.3. The fraction of sp³-hybridized carbons (Fsp3) is 0.762. The summed E-state index contributed by atoms with van der Waals surface area (Å²) in [5, 5.41) is 12.0. The van der Waals surface area contributed by atoms with E-state index >= 15 is 0 Å². The molecule has 0 rings (SSSR count). The van der Waals surface area contributed by atoms with Crippen LogP contribution in [0, 0.1) is 11.3 Å². The number of halogens is 1. The Bertz CT molecular complexity index is 617. The molecule has 0 saturated carbocycles. The molecule has 0 heterocycles. The molecule has 30 heavy (non-hydrogen) atoms. The number of carbonyl (C=O) groups is 3. The van der Waals surface area contributed by atoms with E-state index in [0.29, 0.717) is 31.4 Å². The second kappa shape index (κ2) is 13.3. The van der Waals surface area contributed by atoms with Gasteiger partial charge in [0.2, 0.25) is 11.8 Å². The third-order valence-corrected chi connectivity index (χ3v) is 5.65. The van der Waals surface area contributed by atoms with Crippen molar-refractivity contribution in [1.29, 1.82) is 0 Å². The van der Waals surface area contributed by atoms with Crippen LogP contribution in [0.25, 0.3) is 0 Å². The number of hydrogen-bond acceptors (Lipinski definition) is 5. The number of amides is 2. The first kappa shape index (κ1) is 28.8. The van der Waals surface area contributed by atoms with Crippen LogP contribution in [0.1, 0.15) is 60.8 Å². The van der Waals surface area contributed by atoms with Gasteiger partial charge < -0.3 is 21.1 Å². The number of hydrogen-bond donors (Lipinski definition) is 4. The molecule has 8 nitrogen and oxygen atoms in total.